The molecule has 1 aliphatic heterocycles. The molecular formula is C58H104O7. The van der Waals surface area contributed by atoms with Gasteiger partial charge < -0.3 is 18.9 Å². The van der Waals surface area contributed by atoms with E-state index in [1.165, 1.54) is 154 Å². The summed E-state index contributed by atoms with van der Waals surface area (Å²) in [5.41, 5.74) is 0. The van der Waals surface area contributed by atoms with Gasteiger partial charge in [-0.25, -0.2) is 0 Å². The monoisotopic (exact) mass is 913 g/mol. The number of hydrogen-bond donors (Lipinski definition) is 0. The third kappa shape index (κ3) is 40.4. The van der Waals surface area contributed by atoms with Gasteiger partial charge in [0.25, 0.3) is 0 Å². The smallest absolute Gasteiger partial charge is 0.308 e. The SMILES string of the molecule is CCCCCCCC/C=C\CCCCCCCC(=O)OC1COC(OC(=O)CCCCCCC/C=C\CCCCCCCC)C1OC(=O)CCCCCCC/C=C\CCCCCCCC. The van der Waals surface area contributed by atoms with Crippen LogP contribution in [0.2, 0.25) is 0 Å². The average Bonchev–Trinajstić information content (AvgIpc) is 3.66. The van der Waals surface area contributed by atoms with Crippen LogP contribution < -0.4 is 0 Å². The summed E-state index contributed by atoms with van der Waals surface area (Å²) >= 11 is 0. The molecule has 0 aromatic rings. The minimum atomic E-state index is -1.07. The lowest BCUT2D eigenvalue weighted by molar-refractivity contribution is -0.195. The van der Waals surface area contributed by atoms with Gasteiger partial charge in [0.2, 0.25) is 12.4 Å². The van der Waals surface area contributed by atoms with Gasteiger partial charge in [0, 0.05) is 19.3 Å². The number of carbonyl (C=O) groups excluding carboxylic acids is 3. The predicted molar refractivity (Wildman–Crippen MR) is 274 cm³/mol. The summed E-state index contributed by atoms with van der Waals surface area (Å²) in [5.74, 6) is -1.06. The van der Waals surface area contributed by atoms with Crippen molar-refractivity contribution in [3.8, 4) is 0 Å². The fourth-order valence-electron chi connectivity index (χ4n) is 8.54. The lowest BCUT2D eigenvalue weighted by Crippen LogP contribution is -2.40. The number of unbranched alkanes of at least 4 members (excludes halogenated alkanes) is 33. The standard InChI is InChI=1S/C58H104O7/c1-4-7-10-13-16-19-22-25-28-31-34-37-40-43-46-49-54(59)63-53-52-62-58(65-56(61)51-48-45-42-39-36-33-30-27-24-21-18-15-12-9-6-3)57(53)64-55(60)50-47-44-41-38-35-32-29-26-23-20-17-14-11-8-5-2/h25-30,53,57-58H,4-24,31-52H2,1-3H3/b28-25-,29-26-,30-27-. The zero-order valence-electron chi connectivity index (χ0n) is 43.0. The Bertz CT molecular complexity index is 1100. The summed E-state index contributed by atoms with van der Waals surface area (Å²) in [5, 5.41) is 0. The molecule has 7 nitrogen and oxygen atoms in total. The van der Waals surface area contributed by atoms with E-state index in [0.717, 1.165) is 96.3 Å². The second-order valence-corrected chi connectivity index (χ2v) is 19.2. The van der Waals surface area contributed by atoms with Gasteiger partial charge in [0.05, 0.1) is 6.61 Å². The Hall–Kier alpha value is -2.41. The Morgan fingerprint density at radius 3 is 0.938 bits per heavy atom. The molecule has 0 aliphatic carbocycles. The third-order valence-corrected chi connectivity index (χ3v) is 12.8. The number of ether oxygens (including phenoxy) is 4. The van der Waals surface area contributed by atoms with Crippen LogP contribution in [-0.4, -0.2) is 43.0 Å². The molecule has 7 heteroatoms. The Balaban J connectivity index is 2.41. The fraction of sp³-hybridized carbons (Fsp3) is 0.845. The van der Waals surface area contributed by atoms with Crippen molar-refractivity contribution in [2.75, 3.05) is 6.61 Å². The van der Waals surface area contributed by atoms with Crippen molar-refractivity contribution in [1.82, 2.24) is 0 Å². The zero-order valence-corrected chi connectivity index (χ0v) is 43.0. The molecule has 3 atom stereocenters. The Kier molecular flexibility index (Phi) is 44.8. The van der Waals surface area contributed by atoms with Crippen LogP contribution in [0.1, 0.15) is 290 Å². The summed E-state index contributed by atoms with van der Waals surface area (Å²) in [6.07, 6.45) is 58.5. The molecule has 3 unspecified atom stereocenters. The van der Waals surface area contributed by atoms with E-state index in [1.54, 1.807) is 0 Å². The van der Waals surface area contributed by atoms with E-state index in [1.807, 2.05) is 0 Å². The van der Waals surface area contributed by atoms with Crippen molar-refractivity contribution in [2.45, 2.75) is 309 Å². The highest BCUT2D eigenvalue weighted by atomic mass is 16.7. The molecular weight excluding hydrogens is 809 g/mol. The van der Waals surface area contributed by atoms with Crippen LogP contribution in [0.3, 0.4) is 0 Å². The van der Waals surface area contributed by atoms with Gasteiger partial charge in [-0.2, -0.15) is 0 Å². The molecule has 378 valence electrons. The maximum Gasteiger partial charge on any atom is 0.308 e. The molecule has 0 aromatic heterocycles. The topological polar surface area (TPSA) is 88.1 Å². The van der Waals surface area contributed by atoms with E-state index >= 15 is 0 Å². The molecule has 0 aromatic carbocycles. The summed E-state index contributed by atoms with van der Waals surface area (Å²) in [4.78, 5) is 38.9. The molecule has 1 rings (SSSR count). The Morgan fingerprint density at radius 1 is 0.354 bits per heavy atom. The van der Waals surface area contributed by atoms with Crippen molar-refractivity contribution in [3.05, 3.63) is 36.5 Å². The molecule has 1 heterocycles. The lowest BCUT2D eigenvalue weighted by atomic mass is 10.1. The molecule has 65 heavy (non-hydrogen) atoms. The van der Waals surface area contributed by atoms with Crippen molar-refractivity contribution < 1.29 is 33.3 Å². The average molecular weight is 913 g/mol. The molecule has 1 aliphatic rings. The van der Waals surface area contributed by atoms with Crippen molar-refractivity contribution in [3.63, 3.8) is 0 Å². The van der Waals surface area contributed by atoms with Gasteiger partial charge in [-0.15, -0.1) is 0 Å². The third-order valence-electron chi connectivity index (χ3n) is 12.8. The van der Waals surface area contributed by atoms with Gasteiger partial charge >= 0.3 is 17.9 Å². The number of hydrogen-bond acceptors (Lipinski definition) is 7. The van der Waals surface area contributed by atoms with Crippen molar-refractivity contribution >= 4 is 17.9 Å². The second-order valence-electron chi connectivity index (χ2n) is 19.2. The number of esters is 3. The van der Waals surface area contributed by atoms with Crippen LogP contribution in [0.25, 0.3) is 0 Å². The fourth-order valence-corrected chi connectivity index (χ4v) is 8.54. The molecule has 0 radical (unpaired) electrons. The number of allylic oxidation sites excluding steroid dienone is 6. The molecule has 0 saturated carbocycles. The van der Waals surface area contributed by atoms with E-state index < -0.39 is 18.5 Å². The van der Waals surface area contributed by atoms with E-state index in [0.29, 0.717) is 6.42 Å². The highest BCUT2D eigenvalue weighted by molar-refractivity contribution is 5.71. The quantitative estimate of drug-likeness (QED) is 0.0260. The Morgan fingerprint density at radius 2 is 0.615 bits per heavy atom. The maximum atomic E-state index is 13.1. The molecule has 0 spiro atoms. The highest BCUT2D eigenvalue weighted by Crippen LogP contribution is 2.25. The van der Waals surface area contributed by atoms with Gasteiger partial charge in [0.1, 0.15) is 0 Å². The first kappa shape index (κ1) is 60.6. The molecule has 0 bridgehead atoms. The van der Waals surface area contributed by atoms with E-state index in [-0.39, 0.29) is 37.4 Å². The maximum absolute atomic E-state index is 13.1. The normalized spacial score (nSPS) is 16.4. The van der Waals surface area contributed by atoms with Crippen LogP contribution >= 0.6 is 0 Å². The summed E-state index contributed by atoms with van der Waals surface area (Å²) in [7, 11) is 0. The molecule has 1 fully saturated rings. The van der Waals surface area contributed by atoms with E-state index in [4.69, 9.17) is 18.9 Å². The van der Waals surface area contributed by atoms with Crippen LogP contribution in [-0.2, 0) is 33.3 Å². The van der Waals surface area contributed by atoms with E-state index in [9.17, 15) is 14.4 Å². The number of rotatable bonds is 48. The van der Waals surface area contributed by atoms with Gasteiger partial charge in [-0.3, -0.25) is 14.4 Å². The Labute approximate surface area is 401 Å². The van der Waals surface area contributed by atoms with Gasteiger partial charge in [-0.05, 0) is 96.3 Å². The van der Waals surface area contributed by atoms with Gasteiger partial charge in [-0.1, -0.05) is 211 Å². The molecule has 1 saturated heterocycles. The second kappa shape index (κ2) is 48.1. The van der Waals surface area contributed by atoms with Crippen molar-refractivity contribution in [1.29, 1.82) is 0 Å². The summed E-state index contributed by atoms with van der Waals surface area (Å²) in [6.45, 7) is 6.82. The molecule has 0 amide bonds. The number of carbonyl (C=O) groups is 3. The summed E-state index contributed by atoms with van der Waals surface area (Å²) < 4.78 is 23.3. The first-order chi connectivity index (χ1) is 32.0. The lowest BCUT2D eigenvalue weighted by Gasteiger charge is -2.23. The largest absolute Gasteiger partial charge is 0.456 e. The minimum Gasteiger partial charge on any atom is -0.456 e. The first-order valence-corrected chi connectivity index (χ1v) is 28.2. The summed E-state index contributed by atoms with van der Waals surface area (Å²) in [6, 6.07) is 0. The zero-order chi connectivity index (χ0) is 46.9. The first-order valence-electron chi connectivity index (χ1n) is 28.2. The van der Waals surface area contributed by atoms with Crippen LogP contribution in [0, 0.1) is 0 Å². The van der Waals surface area contributed by atoms with Crippen LogP contribution in [0.5, 0.6) is 0 Å². The molecule has 0 N–H and O–H groups in total. The highest BCUT2D eigenvalue weighted by Gasteiger charge is 2.45. The van der Waals surface area contributed by atoms with Crippen LogP contribution in [0.15, 0.2) is 36.5 Å². The van der Waals surface area contributed by atoms with Crippen molar-refractivity contribution in [2.24, 2.45) is 0 Å². The minimum absolute atomic E-state index is 0.0365. The van der Waals surface area contributed by atoms with E-state index in [2.05, 4.69) is 57.2 Å². The predicted octanol–water partition coefficient (Wildman–Crippen LogP) is 17.8. The van der Waals surface area contributed by atoms with Crippen LogP contribution in [0.4, 0.5) is 0 Å². The van der Waals surface area contributed by atoms with Gasteiger partial charge in [0.15, 0.2) is 6.10 Å².